The second-order valence-corrected chi connectivity index (χ2v) is 4.56. The van der Waals surface area contributed by atoms with Crippen molar-refractivity contribution in [3.63, 3.8) is 0 Å². The van der Waals surface area contributed by atoms with E-state index in [0.29, 0.717) is 6.04 Å². The smallest absolute Gasteiger partial charge is 0.0620 e. The molecule has 0 radical (unpaired) electrons. The van der Waals surface area contributed by atoms with Gasteiger partial charge in [-0.2, -0.15) is 0 Å². The number of hydrogen-bond donors (Lipinski definition) is 2. The van der Waals surface area contributed by atoms with Gasteiger partial charge in [0.25, 0.3) is 0 Å². The number of morpholine rings is 1. The van der Waals surface area contributed by atoms with Crippen molar-refractivity contribution in [2.45, 2.75) is 18.5 Å². The maximum absolute atomic E-state index is 6.14. The topological polar surface area (TPSA) is 47.3 Å². The molecular formula is C12H17ClN2O. The van der Waals surface area contributed by atoms with Gasteiger partial charge in [0.15, 0.2) is 0 Å². The highest BCUT2D eigenvalue weighted by atomic mass is 35.5. The van der Waals surface area contributed by atoms with E-state index in [4.69, 9.17) is 22.1 Å². The lowest BCUT2D eigenvalue weighted by Crippen LogP contribution is -2.42. The third kappa shape index (κ3) is 3.19. The van der Waals surface area contributed by atoms with Crippen LogP contribution in [0.2, 0.25) is 5.02 Å². The summed E-state index contributed by atoms with van der Waals surface area (Å²) in [5, 5.41) is 4.15. The molecule has 3 N–H and O–H groups in total. The van der Waals surface area contributed by atoms with Gasteiger partial charge >= 0.3 is 0 Å². The van der Waals surface area contributed by atoms with Crippen molar-refractivity contribution >= 4 is 11.6 Å². The normalized spacial score (nSPS) is 23.0. The highest BCUT2D eigenvalue weighted by Gasteiger charge is 2.17. The molecule has 1 aromatic rings. The number of halogens is 1. The second-order valence-electron chi connectivity index (χ2n) is 4.12. The summed E-state index contributed by atoms with van der Waals surface area (Å²) in [5.74, 6) is 0. The molecule has 1 heterocycles. The number of ether oxygens (including phenoxy) is 1. The van der Waals surface area contributed by atoms with Crippen LogP contribution in [-0.2, 0) is 4.74 Å². The Hall–Kier alpha value is -0.610. The molecular weight excluding hydrogens is 224 g/mol. The first-order valence-electron chi connectivity index (χ1n) is 5.58. The van der Waals surface area contributed by atoms with Gasteiger partial charge in [-0.25, -0.2) is 0 Å². The molecule has 1 aromatic carbocycles. The van der Waals surface area contributed by atoms with Crippen molar-refractivity contribution < 1.29 is 4.74 Å². The minimum absolute atomic E-state index is 0.0384. The monoisotopic (exact) mass is 240 g/mol. The molecule has 1 aliphatic heterocycles. The van der Waals surface area contributed by atoms with E-state index in [1.54, 1.807) is 0 Å². The van der Waals surface area contributed by atoms with Gasteiger partial charge in [-0.1, -0.05) is 23.7 Å². The summed E-state index contributed by atoms with van der Waals surface area (Å²) >= 11 is 5.84. The van der Waals surface area contributed by atoms with Crippen LogP contribution in [-0.4, -0.2) is 25.8 Å². The summed E-state index contributed by atoms with van der Waals surface area (Å²) in [7, 11) is 0. The number of hydrogen-bond acceptors (Lipinski definition) is 3. The number of benzene rings is 1. The molecule has 1 aliphatic rings. The summed E-state index contributed by atoms with van der Waals surface area (Å²) < 4.78 is 5.40. The lowest BCUT2D eigenvalue weighted by Gasteiger charge is -2.26. The van der Waals surface area contributed by atoms with Crippen molar-refractivity contribution in [3.8, 4) is 0 Å². The molecule has 1 saturated heterocycles. The summed E-state index contributed by atoms with van der Waals surface area (Å²) in [6.45, 7) is 2.46. The number of nitrogens with two attached hydrogens (primary N) is 1. The average molecular weight is 241 g/mol. The third-order valence-electron chi connectivity index (χ3n) is 2.84. The average Bonchev–Trinajstić information content (AvgIpc) is 2.31. The predicted molar refractivity (Wildman–Crippen MR) is 65.6 cm³/mol. The van der Waals surface area contributed by atoms with E-state index in [1.807, 2.05) is 24.3 Å². The van der Waals surface area contributed by atoms with Crippen molar-refractivity contribution in [1.82, 2.24) is 5.32 Å². The maximum atomic E-state index is 6.14. The highest BCUT2D eigenvalue weighted by molar-refractivity contribution is 6.30. The van der Waals surface area contributed by atoms with E-state index in [0.717, 1.165) is 36.8 Å². The van der Waals surface area contributed by atoms with Crippen molar-refractivity contribution in [1.29, 1.82) is 0 Å². The Balaban J connectivity index is 1.91. The van der Waals surface area contributed by atoms with E-state index < -0.39 is 0 Å². The van der Waals surface area contributed by atoms with Crippen LogP contribution in [0.3, 0.4) is 0 Å². The Bertz CT molecular complexity index is 322. The summed E-state index contributed by atoms with van der Waals surface area (Å²) in [6, 6.07) is 8.12. The first kappa shape index (κ1) is 11.9. The fourth-order valence-corrected chi connectivity index (χ4v) is 2.05. The molecule has 0 spiro atoms. The van der Waals surface area contributed by atoms with E-state index in [9.17, 15) is 0 Å². The molecule has 16 heavy (non-hydrogen) atoms. The zero-order valence-electron chi connectivity index (χ0n) is 9.16. The predicted octanol–water partition coefficient (Wildman–Crippen LogP) is 1.72. The quantitative estimate of drug-likeness (QED) is 0.846. The Morgan fingerprint density at radius 3 is 2.81 bits per heavy atom. The standard InChI is InChI=1S/C12H17ClN2O/c13-10-3-1-9(2-4-10)12(14)7-11-8-16-6-5-15-11/h1-4,11-12,15H,5-8,14H2. The Morgan fingerprint density at radius 2 is 2.19 bits per heavy atom. The van der Waals surface area contributed by atoms with Gasteiger partial charge in [-0.05, 0) is 24.1 Å². The highest BCUT2D eigenvalue weighted by Crippen LogP contribution is 2.19. The van der Waals surface area contributed by atoms with Gasteiger partial charge in [0, 0.05) is 23.7 Å². The Kier molecular flexibility index (Phi) is 4.18. The first-order chi connectivity index (χ1) is 7.75. The molecule has 1 fully saturated rings. The maximum Gasteiger partial charge on any atom is 0.0620 e. The van der Waals surface area contributed by atoms with E-state index in [1.165, 1.54) is 0 Å². The Labute approximate surface area is 101 Å². The van der Waals surface area contributed by atoms with E-state index >= 15 is 0 Å². The SMILES string of the molecule is NC(CC1COCCN1)c1ccc(Cl)cc1. The van der Waals surface area contributed by atoms with Gasteiger partial charge in [0.05, 0.1) is 13.2 Å². The van der Waals surface area contributed by atoms with Crippen LogP contribution in [0.25, 0.3) is 0 Å². The zero-order chi connectivity index (χ0) is 11.4. The van der Waals surface area contributed by atoms with Crippen LogP contribution < -0.4 is 11.1 Å². The molecule has 0 aliphatic carbocycles. The third-order valence-corrected chi connectivity index (χ3v) is 3.09. The van der Waals surface area contributed by atoms with Crippen LogP contribution in [0.1, 0.15) is 18.0 Å². The van der Waals surface area contributed by atoms with Crippen LogP contribution in [0.4, 0.5) is 0 Å². The van der Waals surface area contributed by atoms with Gasteiger partial charge in [0.1, 0.15) is 0 Å². The number of nitrogens with one attached hydrogen (secondary N) is 1. The molecule has 0 bridgehead atoms. The van der Waals surface area contributed by atoms with Crippen LogP contribution in [0, 0.1) is 0 Å². The molecule has 0 aromatic heterocycles. The summed E-state index contributed by atoms with van der Waals surface area (Å²) in [4.78, 5) is 0. The second kappa shape index (κ2) is 5.64. The van der Waals surface area contributed by atoms with E-state index in [-0.39, 0.29) is 6.04 Å². The molecule has 0 saturated carbocycles. The Morgan fingerprint density at radius 1 is 1.44 bits per heavy atom. The molecule has 4 heteroatoms. The molecule has 0 amide bonds. The van der Waals surface area contributed by atoms with Gasteiger partial charge in [-0.15, -0.1) is 0 Å². The molecule has 2 rings (SSSR count). The van der Waals surface area contributed by atoms with Crippen LogP contribution >= 0.6 is 11.6 Å². The van der Waals surface area contributed by atoms with Gasteiger partial charge in [-0.3, -0.25) is 0 Å². The first-order valence-corrected chi connectivity index (χ1v) is 5.95. The lowest BCUT2D eigenvalue weighted by atomic mass is 10.00. The fourth-order valence-electron chi connectivity index (χ4n) is 1.92. The lowest BCUT2D eigenvalue weighted by molar-refractivity contribution is 0.0720. The van der Waals surface area contributed by atoms with Crippen molar-refractivity contribution in [2.24, 2.45) is 5.73 Å². The largest absolute Gasteiger partial charge is 0.379 e. The van der Waals surface area contributed by atoms with Crippen molar-refractivity contribution in [3.05, 3.63) is 34.9 Å². The van der Waals surface area contributed by atoms with Gasteiger partial charge in [0.2, 0.25) is 0 Å². The molecule has 2 unspecified atom stereocenters. The molecule has 3 nitrogen and oxygen atoms in total. The zero-order valence-corrected chi connectivity index (χ0v) is 9.91. The molecule has 88 valence electrons. The van der Waals surface area contributed by atoms with Gasteiger partial charge < -0.3 is 15.8 Å². The van der Waals surface area contributed by atoms with Crippen LogP contribution in [0.15, 0.2) is 24.3 Å². The fraction of sp³-hybridized carbons (Fsp3) is 0.500. The summed E-state index contributed by atoms with van der Waals surface area (Å²) in [5.41, 5.74) is 7.26. The summed E-state index contributed by atoms with van der Waals surface area (Å²) in [6.07, 6.45) is 0.891. The minimum Gasteiger partial charge on any atom is -0.379 e. The van der Waals surface area contributed by atoms with E-state index in [2.05, 4.69) is 5.32 Å². The van der Waals surface area contributed by atoms with Crippen LogP contribution in [0.5, 0.6) is 0 Å². The minimum atomic E-state index is 0.0384. The molecule has 2 atom stereocenters. The number of rotatable bonds is 3. The van der Waals surface area contributed by atoms with Crippen molar-refractivity contribution in [2.75, 3.05) is 19.8 Å².